The number of piperidine rings is 1. The van der Waals surface area contributed by atoms with Crippen LogP contribution < -0.4 is 4.90 Å². The molecule has 1 saturated carbocycles. The second kappa shape index (κ2) is 6.29. The Bertz CT molecular complexity index is 846. The fraction of sp³-hybridized carbons (Fsp3) is 0.684. The number of aromatic nitrogens is 4. The molecule has 0 aromatic carbocycles. The Morgan fingerprint density at radius 2 is 2.04 bits per heavy atom. The molecule has 0 bridgehead atoms. The Morgan fingerprint density at radius 1 is 1.26 bits per heavy atom. The summed E-state index contributed by atoms with van der Waals surface area (Å²) in [5.41, 5.74) is 2.05. The SMILES string of the molecule is CC(C)c1nnc(N2CCC3(CC2)c2nc[nH]c2CCN3C(=O)C2CC2)s1. The zero-order valence-electron chi connectivity index (χ0n) is 15.9. The first kappa shape index (κ1) is 17.2. The van der Waals surface area contributed by atoms with Gasteiger partial charge in [-0.15, -0.1) is 10.2 Å². The average Bonchev–Trinajstić information content (AvgIpc) is 3.19. The summed E-state index contributed by atoms with van der Waals surface area (Å²) in [6.07, 6.45) is 6.58. The number of hydrogen-bond acceptors (Lipinski definition) is 6. The molecular weight excluding hydrogens is 360 g/mol. The molecule has 2 fully saturated rings. The number of anilines is 1. The molecule has 2 aromatic rings. The summed E-state index contributed by atoms with van der Waals surface area (Å²) in [4.78, 5) is 25.5. The standard InChI is InChI=1S/C19H26N6OS/c1-12(2)16-22-23-18(27-16)24-9-6-19(7-10-24)15-14(20-11-21-15)5-8-25(19)17(26)13-3-4-13/h11-13H,3-10H2,1-2H3,(H,20,21). The van der Waals surface area contributed by atoms with Crippen molar-refractivity contribution in [2.45, 2.75) is 57.4 Å². The lowest BCUT2D eigenvalue weighted by Crippen LogP contribution is -2.58. The number of nitrogens with zero attached hydrogens (tertiary/aromatic N) is 5. The van der Waals surface area contributed by atoms with E-state index in [9.17, 15) is 4.79 Å². The lowest BCUT2D eigenvalue weighted by atomic mass is 9.78. The zero-order valence-corrected chi connectivity index (χ0v) is 16.8. The van der Waals surface area contributed by atoms with E-state index >= 15 is 0 Å². The van der Waals surface area contributed by atoms with Crippen LogP contribution in [0, 0.1) is 5.92 Å². The molecule has 144 valence electrons. The van der Waals surface area contributed by atoms with Crippen molar-refractivity contribution in [2.75, 3.05) is 24.5 Å². The van der Waals surface area contributed by atoms with Crippen LogP contribution in [-0.2, 0) is 16.8 Å². The highest BCUT2D eigenvalue weighted by molar-refractivity contribution is 7.15. The van der Waals surface area contributed by atoms with Crippen LogP contribution in [0.25, 0.3) is 0 Å². The Labute approximate surface area is 163 Å². The number of hydrogen-bond donors (Lipinski definition) is 1. The largest absolute Gasteiger partial charge is 0.348 e. The van der Waals surface area contributed by atoms with Crippen LogP contribution >= 0.6 is 11.3 Å². The van der Waals surface area contributed by atoms with Crippen molar-refractivity contribution < 1.29 is 4.79 Å². The van der Waals surface area contributed by atoms with Crippen LogP contribution in [0.2, 0.25) is 0 Å². The van der Waals surface area contributed by atoms with Gasteiger partial charge in [0, 0.05) is 43.6 Å². The molecule has 1 N–H and O–H groups in total. The second-order valence-corrected chi connectivity index (χ2v) is 9.33. The molecule has 0 unspecified atom stereocenters. The van der Waals surface area contributed by atoms with Crippen molar-refractivity contribution in [1.82, 2.24) is 25.1 Å². The molecule has 8 heteroatoms. The molecule has 2 aliphatic heterocycles. The molecule has 5 rings (SSSR count). The van der Waals surface area contributed by atoms with Gasteiger partial charge in [0.2, 0.25) is 11.0 Å². The fourth-order valence-corrected chi connectivity index (χ4v) is 5.41. The predicted octanol–water partition coefficient (Wildman–Crippen LogP) is 2.68. The first-order valence-electron chi connectivity index (χ1n) is 10.0. The van der Waals surface area contributed by atoms with Crippen molar-refractivity contribution in [2.24, 2.45) is 5.92 Å². The number of amides is 1. The molecule has 1 amide bonds. The normalized spacial score (nSPS) is 21.7. The molecule has 0 radical (unpaired) electrons. The van der Waals surface area contributed by atoms with E-state index in [1.807, 2.05) is 0 Å². The minimum atomic E-state index is -0.255. The van der Waals surface area contributed by atoms with Crippen LogP contribution in [0.4, 0.5) is 5.13 Å². The number of fused-ring (bicyclic) bond motifs is 2. The van der Waals surface area contributed by atoms with Gasteiger partial charge in [0.15, 0.2) is 0 Å². The van der Waals surface area contributed by atoms with E-state index in [0.29, 0.717) is 11.8 Å². The topological polar surface area (TPSA) is 78.0 Å². The van der Waals surface area contributed by atoms with E-state index in [2.05, 4.69) is 43.8 Å². The maximum atomic E-state index is 13.0. The summed E-state index contributed by atoms with van der Waals surface area (Å²) in [5, 5.41) is 10.8. The maximum absolute atomic E-state index is 13.0. The minimum Gasteiger partial charge on any atom is -0.348 e. The van der Waals surface area contributed by atoms with E-state index in [-0.39, 0.29) is 11.5 Å². The maximum Gasteiger partial charge on any atom is 0.226 e. The smallest absolute Gasteiger partial charge is 0.226 e. The van der Waals surface area contributed by atoms with E-state index in [1.165, 1.54) is 5.69 Å². The van der Waals surface area contributed by atoms with E-state index < -0.39 is 0 Å². The molecule has 1 spiro atoms. The number of imidazole rings is 1. The third kappa shape index (κ3) is 2.76. The summed E-state index contributed by atoms with van der Waals surface area (Å²) in [7, 11) is 0. The van der Waals surface area contributed by atoms with E-state index in [1.54, 1.807) is 17.7 Å². The molecule has 1 aliphatic carbocycles. The molecule has 7 nitrogen and oxygen atoms in total. The van der Waals surface area contributed by atoms with Crippen LogP contribution in [0.3, 0.4) is 0 Å². The van der Waals surface area contributed by atoms with Crippen molar-refractivity contribution in [3.63, 3.8) is 0 Å². The van der Waals surface area contributed by atoms with Crippen molar-refractivity contribution in [1.29, 1.82) is 0 Å². The van der Waals surface area contributed by atoms with Gasteiger partial charge < -0.3 is 14.8 Å². The summed E-state index contributed by atoms with van der Waals surface area (Å²) >= 11 is 1.69. The van der Waals surface area contributed by atoms with Gasteiger partial charge in [-0.1, -0.05) is 25.2 Å². The quantitative estimate of drug-likeness (QED) is 0.877. The van der Waals surface area contributed by atoms with Crippen LogP contribution in [0.15, 0.2) is 6.33 Å². The summed E-state index contributed by atoms with van der Waals surface area (Å²) in [5.74, 6) is 0.997. The van der Waals surface area contributed by atoms with Crippen LogP contribution in [0.1, 0.15) is 61.8 Å². The number of carbonyl (C=O) groups excluding carboxylic acids is 1. The van der Waals surface area contributed by atoms with Gasteiger partial charge in [0.1, 0.15) is 5.01 Å². The number of H-pyrrole nitrogens is 1. The second-order valence-electron chi connectivity index (χ2n) is 8.34. The minimum absolute atomic E-state index is 0.247. The lowest BCUT2D eigenvalue weighted by Gasteiger charge is -2.50. The third-order valence-corrected chi connectivity index (χ3v) is 7.52. The van der Waals surface area contributed by atoms with E-state index in [0.717, 1.165) is 67.6 Å². The summed E-state index contributed by atoms with van der Waals surface area (Å²) < 4.78 is 0. The van der Waals surface area contributed by atoms with Gasteiger partial charge in [-0.2, -0.15) is 0 Å². The average molecular weight is 387 g/mol. The highest BCUT2D eigenvalue weighted by Gasteiger charge is 2.51. The molecule has 1 saturated heterocycles. The van der Waals surface area contributed by atoms with Crippen LogP contribution in [-0.4, -0.2) is 50.6 Å². The molecule has 0 atom stereocenters. The summed E-state index contributed by atoms with van der Waals surface area (Å²) in [6.45, 7) is 6.87. The number of carbonyl (C=O) groups is 1. The Kier molecular flexibility index (Phi) is 4.00. The first-order valence-corrected chi connectivity index (χ1v) is 10.8. The number of rotatable bonds is 3. The van der Waals surface area contributed by atoms with Crippen molar-refractivity contribution in [3.05, 3.63) is 22.7 Å². The molecular formula is C19H26N6OS. The monoisotopic (exact) mass is 386 g/mol. The zero-order chi connectivity index (χ0) is 18.6. The summed E-state index contributed by atoms with van der Waals surface area (Å²) in [6, 6.07) is 0. The highest BCUT2D eigenvalue weighted by Crippen LogP contribution is 2.46. The fourth-order valence-electron chi connectivity index (χ4n) is 4.51. The molecule has 27 heavy (non-hydrogen) atoms. The van der Waals surface area contributed by atoms with E-state index in [4.69, 9.17) is 0 Å². The molecule has 4 heterocycles. The van der Waals surface area contributed by atoms with Gasteiger partial charge in [-0.05, 0) is 25.7 Å². The van der Waals surface area contributed by atoms with Gasteiger partial charge in [0.25, 0.3) is 0 Å². The van der Waals surface area contributed by atoms with Gasteiger partial charge >= 0.3 is 0 Å². The Balaban J connectivity index is 1.41. The third-order valence-electron chi connectivity index (χ3n) is 6.24. The van der Waals surface area contributed by atoms with Gasteiger partial charge in [0.05, 0.1) is 17.6 Å². The highest BCUT2D eigenvalue weighted by atomic mass is 32.1. The van der Waals surface area contributed by atoms with Gasteiger partial charge in [-0.25, -0.2) is 4.98 Å². The van der Waals surface area contributed by atoms with Crippen molar-refractivity contribution >= 4 is 22.4 Å². The molecule has 2 aromatic heterocycles. The Hall–Kier alpha value is -1.96. The number of nitrogens with one attached hydrogen (secondary N) is 1. The number of aromatic amines is 1. The lowest BCUT2D eigenvalue weighted by molar-refractivity contribution is -0.142. The van der Waals surface area contributed by atoms with Crippen molar-refractivity contribution in [3.8, 4) is 0 Å². The molecule has 3 aliphatic rings. The predicted molar refractivity (Wildman–Crippen MR) is 104 cm³/mol. The van der Waals surface area contributed by atoms with Gasteiger partial charge in [-0.3, -0.25) is 4.79 Å². The van der Waals surface area contributed by atoms with Crippen LogP contribution in [0.5, 0.6) is 0 Å². The Morgan fingerprint density at radius 3 is 2.70 bits per heavy atom. The first-order chi connectivity index (χ1) is 13.1.